The number of aliphatic hydroxyl groups excluding tert-OH is 2. The van der Waals surface area contributed by atoms with Gasteiger partial charge in [-0.25, -0.2) is 0 Å². The zero-order valence-corrected chi connectivity index (χ0v) is 9.97. The topological polar surface area (TPSA) is 95.6 Å². The van der Waals surface area contributed by atoms with Gasteiger partial charge in [0.1, 0.15) is 12.2 Å². The first-order chi connectivity index (χ1) is 7.91. The number of hydrogen-bond donors (Lipinski definition) is 4. The van der Waals surface area contributed by atoms with E-state index < -0.39 is 12.2 Å². The largest absolute Gasteiger partial charge is 0.399 e. The van der Waals surface area contributed by atoms with Crippen LogP contribution in [0.25, 0.3) is 0 Å². The minimum atomic E-state index is -1.04. The predicted octanol–water partition coefficient (Wildman–Crippen LogP) is 0.108. The maximum Gasteiger partial charge on any atom is 0.216 e. The van der Waals surface area contributed by atoms with Gasteiger partial charge in [-0.1, -0.05) is 12.1 Å². The normalized spacial score (nSPS) is 14.1. The highest BCUT2D eigenvalue weighted by Crippen LogP contribution is 2.21. The summed E-state index contributed by atoms with van der Waals surface area (Å²) >= 11 is 0. The number of nitrogens with one attached hydrogen (secondary N) is 1. The van der Waals surface area contributed by atoms with Gasteiger partial charge in [-0.2, -0.15) is 0 Å². The van der Waals surface area contributed by atoms with Gasteiger partial charge in [0, 0.05) is 19.2 Å². The van der Waals surface area contributed by atoms with Crippen molar-refractivity contribution >= 4 is 11.6 Å². The molecule has 1 rings (SSSR count). The third-order valence-corrected chi connectivity index (χ3v) is 2.56. The highest BCUT2D eigenvalue weighted by atomic mass is 16.3. The molecule has 17 heavy (non-hydrogen) atoms. The molecule has 0 fully saturated rings. The Morgan fingerprint density at radius 2 is 2.12 bits per heavy atom. The van der Waals surface area contributed by atoms with Crippen molar-refractivity contribution in [2.45, 2.75) is 26.1 Å². The lowest BCUT2D eigenvalue weighted by Gasteiger charge is -2.19. The highest BCUT2D eigenvalue weighted by molar-refractivity contribution is 5.72. The van der Waals surface area contributed by atoms with Gasteiger partial charge < -0.3 is 21.3 Å². The Labute approximate surface area is 100 Å². The second-order valence-electron chi connectivity index (χ2n) is 4.07. The molecule has 0 bridgehead atoms. The zero-order chi connectivity index (χ0) is 13.0. The molecule has 5 nitrogen and oxygen atoms in total. The molecule has 0 radical (unpaired) electrons. The van der Waals surface area contributed by atoms with Crippen molar-refractivity contribution in [1.82, 2.24) is 5.32 Å². The van der Waals surface area contributed by atoms with Crippen LogP contribution < -0.4 is 11.1 Å². The molecule has 1 aromatic rings. The quantitative estimate of drug-likeness (QED) is 0.560. The fourth-order valence-electron chi connectivity index (χ4n) is 1.46. The van der Waals surface area contributed by atoms with Crippen molar-refractivity contribution in [3.8, 4) is 0 Å². The first-order valence-corrected chi connectivity index (χ1v) is 5.38. The van der Waals surface area contributed by atoms with E-state index in [4.69, 9.17) is 5.73 Å². The number of aliphatic hydroxyl groups is 2. The lowest BCUT2D eigenvalue weighted by Crippen LogP contribution is -2.34. The van der Waals surface area contributed by atoms with Crippen molar-refractivity contribution in [1.29, 1.82) is 0 Å². The Balaban J connectivity index is 2.70. The maximum absolute atomic E-state index is 10.7. The molecule has 5 heteroatoms. The van der Waals surface area contributed by atoms with Crippen molar-refractivity contribution < 1.29 is 15.0 Å². The van der Waals surface area contributed by atoms with Crippen LogP contribution in [0.15, 0.2) is 18.2 Å². The number of nitrogen functional groups attached to an aromatic ring is 1. The molecule has 1 aromatic carbocycles. The van der Waals surface area contributed by atoms with Crippen LogP contribution in [0.4, 0.5) is 5.69 Å². The first kappa shape index (κ1) is 13.5. The lowest BCUT2D eigenvalue weighted by atomic mass is 10.0. The first-order valence-electron chi connectivity index (χ1n) is 5.38. The van der Waals surface area contributed by atoms with E-state index in [-0.39, 0.29) is 12.5 Å². The molecule has 0 spiro atoms. The van der Waals surface area contributed by atoms with Crippen LogP contribution in [0.2, 0.25) is 0 Å². The van der Waals surface area contributed by atoms with Crippen molar-refractivity contribution in [2.24, 2.45) is 0 Å². The summed E-state index contributed by atoms with van der Waals surface area (Å²) in [6, 6.07) is 5.06. The minimum Gasteiger partial charge on any atom is -0.399 e. The standard InChI is InChI=1S/C12H18N2O3/c1-7-5-9(3-4-10(7)13)12(17)11(16)6-14-8(2)15/h3-5,11-12,16-17H,6,13H2,1-2H3,(H,14,15). The summed E-state index contributed by atoms with van der Waals surface area (Å²) in [4.78, 5) is 10.7. The number of nitrogens with two attached hydrogens (primary N) is 1. The van der Waals surface area contributed by atoms with Crippen LogP contribution >= 0.6 is 0 Å². The van der Waals surface area contributed by atoms with Gasteiger partial charge in [0.15, 0.2) is 0 Å². The Bertz CT molecular complexity index is 407. The molecule has 0 saturated carbocycles. The SMILES string of the molecule is CC(=O)NCC(O)C(O)c1ccc(N)c(C)c1. The second kappa shape index (κ2) is 5.65. The van der Waals surface area contributed by atoms with E-state index in [1.165, 1.54) is 6.92 Å². The molecule has 0 saturated heterocycles. The fraction of sp³-hybridized carbons (Fsp3) is 0.417. The number of carbonyl (C=O) groups excluding carboxylic acids is 1. The molecule has 0 aliphatic carbocycles. The number of rotatable bonds is 4. The maximum atomic E-state index is 10.7. The van der Waals surface area contributed by atoms with Crippen LogP contribution in [0.1, 0.15) is 24.2 Å². The summed E-state index contributed by atoms with van der Waals surface area (Å²) < 4.78 is 0. The van der Waals surface area contributed by atoms with Crippen LogP contribution in [0.3, 0.4) is 0 Å². The zero-order valence-electron chi connectivity index (χ0n) is 9.97. The van der Waals surface area contributed by atoms with Crippen molar-refractivity contribution in [3.05, 3.63) is 29.3 Å². The van der Waals surface area contributed by atoms with Crippen LogP contribution in [-0.4, -0.2) is 28.8 Å². The number of carbonyl (C=O) groups is 1. The molecule has 0 heterocycles. The molecule has 2 atom stereocenters. The lowest BCUT2D eigenvalue weighted by molar-refractivity contribution is -0.119. The number of amides is 1. The number of anilines is 1. The summed E-state index contributed by atoms with van der Waals surface area (Å²) in [5, 5.41) is 22.0. The van der Waals surface area contributed by atoms with E-state index in [1.54, 1.807) is 18.2 Å². The Morgan fingerprint density at radius 3 is 2.65 bits per heavy atom. The van der Waals surface area contributed by atoms with E-state index in [0.717, 1.165) is 5.56 Å². The van der Waals surface area contributed by atoms with Crippen LogP contribution in [0, 0.1) is 6.92 Å². The van der Waals surface area contributed by atoms with Crippen molar-refractivity contribution in [2.75, 3.05) is 12.3 Å². The predicted molar refractivity (Wildman–Crippen MR) is 65.2 cm³/mol. The summed E-state index contributed by atoms with van der Waals surface area (Å²) in [6.07, 6.45) is -2.08. The molecule has 94 valence electrons. The van der Waals surface area contributed by atoms with Gasteiger partial charge >= 0.3 is 0 Å². The number of benzene rings is 1. The van der Waals surface area contributed by atoms with E-state index in [0.29, 0.717) is 11.3 Å². The molecule has 0 aliphatic rings. The number of aryl methyl sites for hydroxylation is 1. The van der Waals surface area contributed by atoms with Gasteiger partial charge in [0.2, 0.25) is 5.91 Å². The highest BCUT2D eigenvalue weighted by Gasteiger charge is 2.18. The monoisotopic (exact) mass is 238 g/mol. The molecule has 5 N–H and O–H groups in total. The molecule has 2 unspecified atom stereocenters. The van der Waals surface area contributed by atoms with Gasteiger partial charge in [-0.3, -0.25) is 4.79 Å². The fourth-order valence-corrected chi connectivity index (χ4v) is 1.46. The summed E-state index contributed by atoms with van der Waals surface area (Å²) in [5.74, 6) is -0.246. The summed E-state index contributed by atoms with van der Waals surface area (Å²) in [5.41, 5.74) is 7.72. The van der Waals surface area contributed by atoms with Gasteiger partial charge in [0.25, 0.3) is 0 Å². The Morgan fingerprint density at radius 1 is 1.47 bits per heavy atom. The van der Waals surface area contributed by atoms with Crippen LogP contribution in [0.5, 0.6) is 0 Å². The molecule has 0 aliphatic heterocycles. The average molecular weight is 238 g/mol. The van der Waals surface area contributed by atoms with Crippen LogP contribution in [-0.2, 0) is 4.79 Å². The Hall–Kier alpha value is -1.59. The summed E-state index contributed by atoms with van der Waals surface area (Å²) in [7, 11) is 0. The summed E-state index contributed by atoms with van der Waals surface area (Å²) in [6.45, 7) is 3.19. The smallest absolute Gasteiger partial charge is 0.216 e. The van der Waals surface area contributed by atoms with Gasteiger partial charge in [-0.05, 0) is 24.1 Å². The molecular formula is C12H18N2O3. The average Bonchev–Trinajstić information content (AvgIpc) is 2.28. The Kier molecular flexibility index (Phi) is 4.48. The number of hydrogen-bond acceptors (Lipinski definition) is 4. The van der Waals surface area contributed by atoms with Gasteiger partial charge in [-0.15, -0.1) is 0 Å². The minimum absolute atomic E-state index is 0.0138. The molecule has 0 aromatic heterocycles. The third kappa shape index (κ3) is 3.72. The van der Waals surface area contributed by atoms with E-state index in [2.05, 4.69) is 5.32 Å². The van der Waals surface area contributed by atoms with E-state index in [9.17, 15) is 15.0 Å². The van der Waals surface area contributed by atoms with Gasteiger partial charge in [0.05, 0.1) is 0 Å². The molecular weight excluding hydrogens is 220 g/mol. The third-order valence-electron chi connectivity index (χ3n) is 2.56. The van der Waals surface area contributed by atoms with E-state index in [1.807, 2.05) is 6.92 Å². The van der Waals surface area contributed by atoms with E-state index >= 15 is 0 Å². The van der Waals surface area contributed by atoms with Crippen molar-refractivity contribution in [3.63, 3.8) is 0 Å². The second-order valence-corrected chi connectivity index (χ2v) is 4.07. The molecule has 1 amide bonds.